The van der Waals surface area contributed by atoms with Crippen molar-refractivity contribution in [1.82, 2.24) is 15.0 Å². The maximum atomic E-state index is 11.6. The molecule has 4 rings (SSSR count). The van der Waals surface area contributed by atoms with Gasteiger partial charge in [0.1, 0.15) is 11.8 Å². The van der Waals surface area contributed by atoms with Crippen molar-refractivity contribution in [2.75, 3.05) is 5.32 Å². The number of anilines is 2. The maximum absolute atomic E-state index is 11.6. The molecular weight excluding hydrogens is 336 g/mol. The van der Waals surface area contributed by atoms with Gasteiger partial charge in [-0.25, -0.2) is 9.97 Å². The Kier molecular flexibility index (Phi) is 4.42. The molecule has 0 atom stereocenters. The number of hydrogen-bond donors (Lipinski definition) is 2. The molecule has 0 saturated carbocycles. The zero-order chi connectivity index (χ0) is 16.7. The van der Waals surface area contributed by atoms with Crippen LogP contribution in [-0.4, -0.2) is 20.7 Å². The Morgan fingerprint density at radius 2 is 1.96 bits per heavy atom. The van der Waals surface area contributed by atoms with Crippen molar-refractivity contribution < 1.29 is 4.79 Å². The van der Waals surface area contributed by atoms with Crippen LogP contribution in [0.15, 0.2) is 48.8 Å². The number of rotatable bonds is 3. The Hall–Kier alpha value is -2.92. The quantitative estimate of drug-likeness (QED) is 0.520. The van der Waals surface area contributed by atoms with E-state index in [0.29, 0.717) is 5.56 Å². The van der Waals surface area contributed by atoms with Crippen LogP contribution in [0, 0.1) is 6.92 Å². The summed E-state index contributed by atoms with van der Waals surface area (Å²) in [6.45, 7) is 3.58. The van der Waals surface area contributed by atoms with Crippen LogP contribution in [0.3, 0.4) is 0 Å². The molecule has 4 aromatic rings. The number of H-pyrrole nitrogens is 1. The van der Waals surface area contributed by atoms with Crippen molar-refractivity contribution in [1.29, 1.82) is 0 Å². The fourth-order valence-electron chi connectivity index (χ4n) is 2.95. The Morgan fingerprint density at radius 1 is 1.12 bits per heavy atom. The second-order valence-corrected chi connectivity index (χ2v) is 5.86. The van der Waals surface area contributed by atoms with E-state index in [1.807, 2.05) is 49.4 Å². The Morgan fingerprint density at radius 3 is 2.76 bits per heavy atom. The topological polar surface area (TPSA) is 70.7 Å². The van der Waals surface area contributed by atoms with Crippen molar-refractivity contribution in [2.24, 2.45) is 0 Å². The predicted octanol–water partition coefficient (Wildman–Crippen LogP) is 4.79. The molecule has 0 aliphatic carbocycles. The van der Waals surface area contributed by atoms with Gasteiger partial charge in [0.2, 0.25) is 0 Å². The van der Waals surface area contributed by atoms with Gasteiger partial charge in [-0.15, -0.1) is 12.4 Å². The Balaban J connectivity index is 0.00000182. The van der Waals surface area contributed by atoms with Crippen LogP contribution in [0.4, 0.5) is 11.4 Å². The number of pyridine rings is 1. The summed E-state index contributed by atoms with van der Waals surface area (Å²) in [5.41, 5.74) is 6.23. The minimum Gasteiger partial charge on any atom is -0.358 e. The van der Waals surface area contributed by atoms with E-state index in [2.05, 4.69) is 20.3 Å². The number of nitrogens with one attached hydrogen (secondary N) is 2. The summed E-state index contributed by atoms with van der Waals surface area (Å²) in [6, 6.07) is 13.5. The van der Waals surface area contributed by atoms with Gasteiger partial charge in [-0.2, -0.15) is 0 Å². The van der Waals surface area contributed by atoms with E-state index in [-0.39, 0.29) is 18.2 Å². The number of aromatic nitrogens is 3. The SMILES string of the molecule is CC(=O)c1cccc(Nc2cc(C)[nH]c3ccc4ncnc4c23)c1.Cl. The van der Waals surface area contributed by atoms with Crippen molar-refractivity contribution in [3.8, 4) is 0 Å². The molecule has 126 valence electrons. The molecule has 0 bridgehead atoms. The molecule has 0 saturated heterocycles. The molecule has 0 aliphatic rings. The number of aromatic amines is 1. The summed E-state index contributed by atoms with van der Waals surface area (Å²) in [7, 11) is 0. The molecule has 0 fully saturated rings. The number of imidazole rings is 1. The molecule has 6 heteroatoms. The fourth-order valence-corrected chi connectivity index (χ4v) is 2.95. The summed E-state index contributed by atoms with van der Waals surface area (Å²) < 4.78 is 0. The van der Waals surface area contributed by atoms with Gasteiger partial charge in [-0.05, 0) is 44.2 Å². The first-order chi connectivity index (χ1) is 11.6. The summed E-state index contributed by atoms with van der Waals surface area (Å²) in [6.07, 6.45) is 1.57. The highest BCUT2D eigenvalue weighted by molar-refractivity contribution is 6.10. The maximum Gasteiger partial charge on any atom is 0.159 e. The van der Waals surface area contributed by atoms with Crippen LogP contribution in [0.5, 0.6) is 0 Å². The molecule has 2 N–H and O–H groups in total. The third-order valence-electron chi connectivity index (χ3n) is 4.05. The zero-order valence-electron chi connectivity index (χ0n) is 13.8. The normalized spacial score (nSPS) is 10.6. The van der Waals surface area contributed by atoms with Gasteiger partial charge in [0.15, 0.2) is 5.78 Å². The highest BCUT2D eigenvalue weighted by atomic mass is 35.5. The van der Waals surface area contributed by atoms with E-state index >= 15 is 0 Å². The lowest BCUT2D eigenvalue weighted by Crippen LogP contribution is -1.98. The van der Waals surface area contributed by atoms with Crippen molar-refractivity contribution in [2.45, 2.75) is 13.8 Å². The number of carbonyl (C=O) groups is 1. The third-order valence-corrected chi connectivity index (χ3v) is 4.05. The third kappa shape index (κ3) is 3.06. The molecule has 2 aromatic carbocycles. The lowest BCUT2D eigenvalue weighted by Gasteiger charge is -2.13. The van der Waals surface area contributed by atoms with Gasteiger partial charge < -0.3 is 10.3 Å². The van der Waals surface area contributed by atoms with Gasteiger partial charge in [-0.3, -0.25) is 4.79 Å². The first kappa shape index (κ1) is 16.9. The van der Waals surface area contributed by atoms with Crippen LogP contribution >= 0.6 is 12.4 Å². The molecule has 0 radical (unpaired) electrons. The van der Waals surface area contributed by atoms with Crippen molar-refractivity contribution in [3.63, 3.8) is 0 Å². The smallest absolute Gasteiger partial charge is 0.159 e. The van der Waals surface area contributed by atoms with Gasteiger partial charge in [0.05, 0.1) is 11.2 Å². The largest absolute Gasteiger partial charge is 0.358 e. The minimum absolute atomic E-state index is 0. The molecule has 0 amide bonds. The van der Waals surface area contributed by atoms with Crippen LogP contribution in [0.1, 0.15) is 23.0 Å². The van der Waals surface area contributed by atoms with E-state index < -0.39 is 0 Å². The van der Waals surface area contributed by atoms with Gasteiger partial charge in [0.25, 0.3) is 0 Å². The molecule has 0 spiro atoms. The number of benzene rings is 2. The highest BCUT2D eigenvalue weighted by Crippen LogP contribution is 2.31. The number of ketones is 1. The molecule has 0 unspecified atom stereocenters. The standard InChI is InChI=1S/C19H16N4O.ClH/c1-11-8-17(23-14-5-3-4-13(9-14)12(2)24)18-15(22-11)6-7-16-19(18)21-10-20-16;/h3-10,22-23H,1-2H3;1H. The lowest BCUT2D eigenvalue weighted by atomic mass is 10.1. The molecule has 25 heavy (non-hydrogen) atoms. The molecule has 0 aliphatic heterocycles. The molecular formula is C19H17ClN4O. The number of nitrogens with zero attached hydrogens (tertiary/aromatic N) is 2. The first-order valence-electron chi connectivity index (χ1n) is 7.73. The number of Topliss-reactive ketones (excluding diaryl/α,β-unsaturated/α-hetero) is 1. The number of aryl methyl sites for hydroxylation is 1. The number of halogens is 1. The predicted molar refractivity (Wildman–Crippen MR) is 103 cm³/mol. The molecule has 5 nitrogen and oxygen atoms in total. The van der Waals surface area contributed by atoms with E-state index in [4.69, 9.17) is 0 Å². The first-order valence-corrected chi connectivity index (χ1v) is 7.73. The average molecular weight is 353 g/mol. The number of carbonyl (C=O) groups excluding carboxylic acids is 1. The molecule has 2 aromatic heterocycles. The highest BCUT2D eigenvalue weighted by Gasteiger charge is 2.10. The van der Waals surface area contributed by atoms with Crippen LogP contribution in [0.2, 0.25) is 0 Å². The number of fused-ring (bicyclic) bond motifs is 3. The molecule has 2 heterocycles. The number of hydrogen-bond acceptors (Lipinski definition) is 4. The second kappa shape index (κ2) is 6.53. The van der Waals surface area contributed by atoms with Crippen LogP contribution in [-0.2, 0) is 0 Å². The zero-order valence-corrected chi connectivity index (χ0v) is 14.6. The fraction of sp³-hybridized carbons (Fsp3) is 0.105. The van der Waals surface area contributed by atoms with Gasteiger partial charge in [0, 0.05) is 27.8 Å². The van der Waals surface area contributed by atoms with E-state index in [1.54, 1.807) is 13.3 Å². The van der Waals surface area contributed by atoms with E-state index in [0.717, 1.165) is 39.0 Å². The van der Waals surface area contributed by atoms with E-state index in [1.165, 1.54) is 0 Å². The lowest BCUT2D eigenvalue weighted by molar-refractivity contribution is 0.101. The van der Waals surface area contributed by atoms with Crippen molar-refractivity contribution >= 4 is 51.5 Å². The van der Waals surface area contributed by atoms with E-state index in [9.17, 15) is 4.79 Å². The summed E-state index contributed by atoms with van der Waals surface area (Å²) in [4.78, 5) is 23.6. The van der Waals surface area contributed by atoms with Gasteiger partial charge >= 0.3 is 0 Å². The summed E-state index contributed by atoms with van der Waals surface area (Å²) in [5.74, 6) is 0.0466. The van der Waals surface area contributed by atoms with Crippen molar-refractivity contribution in [3.05, 3.63) is 60.0 Å². The monoisotopic (exact) mass is 352 g/mol. The minimum atomic E-state index is 0. The average Bonchev–Trinajstić information content (AvgIpc) is 3.03. The summed E-state index contributed by atoms with van der Waals surface area (Å²) >= 11 is 0. The Labute approximate surface area is 150 Å². The van der Waals surface area contributed by atoms with Crippen LogP contribution in [0.25, 0.3) is 21.9 Å². The van der Waals surface area contributed by atoms with Crippen LogP contribution < -0.4 is 5.32 Å². The van der Waals surface area contributed by atoms with Gasteiger partial charge in [-0.1, -0.05) is 12.1 Å². The Bertz CT molecular complexity index is 1090. The summed E-state index contributed by atoms with van der Waals surface area (Å²) in [5, 5.41) is 4.41. The second-order valence-electron chi connectivity index (χ2n) is 5.86.